The van der Waals surface area contributed by atoms with Crippen molar-refractivity contribution < 1.29 is 9.32 Å². The number of nitrogens with zero attached hydrogens (tertiary/aromatic N) is 1. The minimum atomic E-state index is -0.126. The number of aromatic nitrogens is 1. The Balaban J connectivity index is 1.33. The van der Waals surface area contributed by atoms with Gasteiger partial charge in [0.25, 0.3) is 0 Å². The molecule has 6 nitrogen and oxygen atoms in total. The first-order chi connectivity index (χ1) is 12.7. The lowest BCUT2D eigenvalue weighted by Crippen LogP contribution is -2.40. The molecule has 3 N–H and O–H groups in total. The summed E-state index contributed by atoms with van der Waals surface area (Å²) in [5.41, 5.74) is 1.77. The maximum absolute atomic E-state index is 12.5. The van der Waals surface area contributed by atoms with E-state index in [9.17, 15) is 4.79 Å². The lowest BCUT2D eigenvalue weighted by molar-refractivity contribution is -0.123. The van der Waals surface area contributed by atoms with Crippen molar-refractivity contribution in [3.05, 3.63) is 41.1 Å². The molecule has 7 heteroatoms. The summed E-state index contributed by atoms with van der Waals surface area (Å²) in [6.45, 7) is 3.33. The van der Waals surface area contributed by atoms with Gasteiger partial charge < -0.3 is 20.5 Å². The van der Waals surface area contributed by atoms with Crippen LogP contribution in [0.2, 0.25) is 5.02 Å². The first kappa shape index (κ1) is 17.5. The summed E-state index contributed by atoms with van der Waals surface area (Å²) in [4.78, 5) is 12.5. The molecule has 2 aliphatic heterocycles. The molecular formula is C19H23ClN4O2. The fourth-order valence-corrected chi connectivity index (χ4v) is 4.16. The van der Waals surface area contributed by atoms with Gasteiger partial charge in [-0.15, -0.1) is 0 Å². The van der Waals surface area contributed by atoms with Crippen LogP contribution in [0.3, 0.4) is 0 Å². The molecule has 4 rings (SSSR count). The van der Waals surface area contributed by atoms with E-state index >= 15 is 0 Å². The molecule has 0 bridgehead atoms. The third-order valence-electron chi connectivity index (χ3n) is 5.49. The number of benzene rings is 1. The normalized spacial score (nSPS) is 21.8. The first-order valence-corrected chi connectivity index (χ1v) is 9.45. The zero-order valence-corrected chi connectivity index (χ0v) is 15.3. The topological polar surface area (TPSA) is 79.2 Å². The van der Waals surface area contributed by atoms with E-state index in [2.05, 4.69) is 21.1 Å². The maximum atomic E-state index is 12.5. The lowest BCUT2D eigenvalue weighted by atomic mass is 9.77. The van der Waals surface area contributed by atoms with Gasteiger partial charge in [0.1, 0.15) is 5.69 Å². The number of hydrogen-bond donors (Lipinski definition) is 3. The van der Waals surface area contributed by atoms with Gasteiger partial charge in [-0.2, -0.15) is 0 Å². The van der Waals surface area contributed by atoms with E-state index in [-0.39, 0.29) is 17.4 Å². The molecule has 2 saturated heterocycles. The minimum absolute atomic E-state index is 0.0242. The SMILES string of the molecule is O=C(NCc1cc(-c2ccccc2Cl)no1)C1CC2(CCNCC2)CN1. The van der Waals surface area contributed by atoms with Crippen LogP contribution >= 0.6 is 11.6 Å². The van der Waals surface area contributed by atoms with Crippen LogP contribution < -0.4 is 16.0 Å². The van der Waals surface area contributed by atoms with E-state index in [0.29, 0.717) is 23.0 Å². The highest BCUT2D eigenvalue weighted by atomic mass is 35.5. The fourth-order valence-electron chi connectivity index (χ4n) is 3.93. The second-order valence-corrected chi connectivity index (χ2v) is 7.67. The van der Waals surface area contributed by atoms with Gasteiger partial charge in [-0.05, 0) is 43.8 Å². The molecule has 26 heavy (non-hydrogen) atoms. The third-order valence-corrected chi connectivity index (χ3v) is 5.82. The monoisotopic (exact) mass is 374 g/mol. The van der Waals surface area contributed by atoms with Crippen LogP contribution in [0.15, 0.2) is 34.9 Å². The molecule has 1 atom stereocenters. The van der Waals surface area contributed by atoms with Gasteiger partial charge in [0.15, 0.2) is 5.76 Å². The van der Waals surface area contributed by atoms with Gasteiger partial charge in [0.2, 0.25) is 5.91 Å². The lowest BCUT2D eigenvalue weighted by Gasteiger charge is -2.33. The van der Waals surface area contributed by atoms with Gasteiger partial charge in [-0.3, -0.25) is 4.79 Å². The highest BCUT2D eigenvalue weighted by molar-refractivity contribution is 6.33. The summed E-state index contributed by atoms with van der Waals surface area (Å²) >= 11 is 6.19. The van der Waals surface area contributed by atoms with Gasteiger partial charge in [0.05, 0.1) is 17.6 Å². The predicted octanol–water partition coefficient (Wildman–Crippen LogP) is 2.34. The van der Waals surface area contributed by atoms with Crippen LogP contribution in [0.5, 0.6) is 0 Å². The molecule has 0 aliphatic carbocycles. The number of rotatable bonds is 4. The van der Waals surface area contributed by atoms with Gasteiger partial charge in [-0.1, -0.05) is 35.0 Å². The van der Waals surface area contributed by atoms with Gasteiger partial charge in [0, 0.05) is 18.2 Å². The van der Waals surface area contributed by atoms with E-state index in [0.717, 1.165) is 44.5 Å². The number of piperidine rings is 1. The molecular weight excluding hydrogens is 352 g/mol. The molecule has 2 fully saturated rings. The summed E-state index contributed by atoms with van der Waals surface area (Å²) in [6, 6.07) is 9.17. The minimum Gasteiger partial charge on any atom is -0.359 e. The highest BCUT2D eigenvalue weighted by Gasteiger charge is 2.42. The second-order valence-electron chi connectivity index (χ2n) is 7.26. The Morgan fingerprint density at radius 3 is 2.96 bits per heavy atom. The number of nitrogens with one attached hydrogen (secondary N) is 3. The zero-order valence-electron chi connectivity index (χ0n) is 14.6. The highest BCUT2D eigenvalue weighted by Crippen LogP contribution is 2.37. The van der Waals surface area contributed by atoms with Crippen molar-refractivity contribution in [3.8, 4) is 11.3 Å². The summed E-state index contributed by atoms with van der Waals surface area (Å²) < 4.78 is 5.34. The third kappa shape index (κ3) is 3.63. The molecule has 3 heterocycles. The molecule has 138 valence electrons. The Bertz CT molecular complexity index is 785. The Hall–Kier alpha value is -1.89. The van der Waals surface area contributed by atoms with Crippen molar-refractivity contribution >= 4 is 17.5 Å². The molecule has 0 saturated carbocycles. The van der Waals surface area contributed by atoms with Crippen molar-refractivity contribution in [1.29, 1.82) is 0 Å². The van der Waals surface area contributed by atoms with Crippen LogP contribution in [0, 0.1) is 5.41 Å². The van der Waals surface area contributed by atoms with Gasteiger partial charge >= 0.3 is 0 Å². The smallest absolute Gasteiger partial charge is 0.237 e. The number of amides is 1. The Labute approximate surface area is 157 Å². The average molecular weight is 375 g/mol. The summed E-state index contributed by atoms with van der Waals surface area (Å²) in [7, 11) is 0. The predicted molar refractivity (Wildman–Crippen MR) is 99.7 cm³/mol. The Morgan fingerprint density at radius 2 is 2.15 bits per heavy atom. The van der Waals surface area contributed by atoms with Crippen molar-refractivity contribution in [2.75, 3.05) is 19.6 Å². The quantitative estimate of drug-likeness (QED) is 0.765. The average Bonchev–Trinajstić information content (AvgIpc) is 3.29. The van der Waals surface area contributed by atoms with E-state index in [4.69, 9.17) is 16.1 Å². The van der Waals surface area contributed by atoms with Crippen molar-refractivity contribution in [1.82, 2.24) is 21.1 Å². The maximum Gasteiger partial charge on any atom is 0.237 e. The Kier molecular flexibility index (Phi) is 4.98. The van der Waals surface area contributed by atoms with Crippen molar-refractivity contribution in [2.24, 2.45) is 5.41 Å². The van der Waals surface area contributed by atoms with Crippen molar-refractivity contribution in [3.63, 3.8) is 0 Å². The van der Waals surface area contributed by atoms with Crippen LogP contribution in [0.4, 0.5) is 0 Å². The Morgan fingerprint density at radius 1 is 1.35 bits per heavy atom. The molecule has 1 unspecified atom stereocenters. The van der Waals surface area contributed by atoms with E-state index in [1.54, 1.807) is 0 Å². The van der Waals surface area contributed by atoms with Crippen LogP contribution in [0.1, 0.15) is 25.0 Å². The van der Waals surface area contributed by atoms with E-state index < -0.39 is 0 Å². The molecule has 1 spiro atoms. The van der Waals surface area contributed by atoms with E-state index in [1.807, 2.05) is 30.3 Å². The molecule has 1 aromatic heterocycles. The van der Waals surface area contributed by atoms with Gasteiger partial charge in [-0.25, -0.2) is 0 Å². The zero-order chi connectivity index (χ0) is 18.0. The number of carbonyl (C=O) groups is 1. The standard InChI is InChI=1S/C19H23ClN4O2/c20-15-4-2-1-3-14(15)16-9-13(26-24-16)11-22-18(25)17-10-19(12-23-17)5-7-21-8-6-19/h1-4,9,17,21,23H,5-8,10-12H2,(H,22,25). The number of halogens is 1. The van der Waals surface area contributed by atoms with Crippen LogP contribution in [-0.2, 0) is 11.3 Å². The molecule has 1 amide bonds. The fraction of sp³-hybridized carbons (Fsp3) is 0.474. The van der Waals surface area contributed by atoms with Crippen molar-refractivity contribution in [2.45, 2.75) is 31.8 Å². The summed E-state index contributed by atoms with van der Waals surface area (Å²) in [6.07, 6.45) is 3.17. The molecule has 2 aliphatic rings. The number of hydrogen-bond acceptors (Lipinski definition) is 5. The van der Waals surface area contributed by atoms with E-state index in [1.165, 1.54) is 0 Å². The van der Waals surface area contributed by atoms with Crippen LogP contribution in [-0.4, -0.2) is 36.7 Å². The van der Waals surface area contributed by atoms with Crippen LogP contribution in [0.25, 0.3) is 11.3 Å². The summed E-state index contributed by atoms with van der Waals surface area (Å²) in [5.74, 6) is 0.638. The molecule has 2 aromatic rings. The summed E-state index contributed by atoms with van der Waals surface area (Å²) in [5, 5.41) is 14.4. The largest absolute Gasteiger partial charge is 0.359 e. The first-order valence-electron chi connectivity index (χ1n) is 9.08. The molecule has 1 aromatic carbocycles. The molecule has 0 radical (unpaired) electrons. The number of carbonyl (C=O) groups excluding carboxylic acids is 1. The second kappa shape index (κ2) is 7.39.